The van der Waals surface area contributed by atoms with Crippen LogP contribution in [0.2, 0.25) is 0 Å². The molecule has 0 spiro atoms. The number of benzene rings is 5. The van der Waals surface area contributed by atoms with E-state index in [0.717, 1.165) is 12.8 Å². The molecule has 5 aromatic carbocycles. The molecular formula is C44H36N2O6. The lowest BCUT2D eigenvalue weighted by Crippen LogP contribution is -2.26. The average Bonchev–Trinajstić information content (AvgIpc) is 3.56. The first-order valence-corrected chi connectivity index (χ1v) is 17.3. The molecule has 0 amide bonds. The Labute approximate surface area is 299 Å². The summed E-state index contributed by atoms with van der Waals surface area (Å²) in [6.45, 7) is 4.41. The predicted octanol–water partition coefficient (Wildman–Crippen LogP) is 6.56. The Kier molecular flexibility index (Phi) is 10.5. The van der Waals surface area contributed by atoms with Crippen molar-refractivity contribution in [2.24, 2.45) is 0 Å². The van der Waals surface area contributed by atoms with Crippen molar-refractivity contribution in [3.63, 3.8) is 0 Å². The number of phenols is 2. The zero-order chi connectivity index (χ0) is 36.8. The van der Waals surface area contributed by atoms with Crippen molar-refractivity contribution in [2.45, 2.75) is 52.6 Å². The Balaban J connectivity index is 0.000000325. The van der Waals surface area contributed by atoms with Crippen molar-refractivity contribution < 1.29 is 10.2 Å². The first-order valence-electron chi connectivity index (χ1n) is 17.3. The van der Waals surface area contributed by atoms with E-state index < -0.39 is 22.2 Å². The third-order valence-electron chi connectivity index (χ3n) is 8.89. The van der Waals surface area contributed by atoms with Crippen LogP contribution in [0.5, 0.6) is 11.5 Å². The third-order valence-corrected chi connectivity index (χ3v) is 8.89. The van der Waals surface area contributed by atoms with Crippen molar-refractivity contribution in [3.8, 4) is 35.2 Å². The molecule has 2 heterocycles. The molecular weight excluding hydrogens is 652 g/mol. The largest absolute Gasteiger partial charge is 0.507 e. The van der Waals surface area contributed by atoms with E-state index in [0.29, 0.717) is 34.7 Å². The molecule has 0 aliphatic rings. The van der Waals surface area contributed by atoms with E-state index in [4.69, 9.17) is 0 Å². The van der Waals surface area contributed by atoms with E-state index in [9.17, 15) is 29.4 Å². The number of hydrogen-bond donors (Lipinski definition) is 2. The second-order valence-electron chi connectivity index (χ2n) is 12.4. The van der Waals surface area contributed by atoms with Crippen LogP contribution >= 0.6 is 0 Å². The molecule has 8 heteroatoms. The second-order valence-corrected chi connectivity index (χ2v) is 12.4. The SMILES string of the molecule is CCCCn1c(=O)c2c(C#Cc3ccccc3)c3c(=O)n(CCCC)c(=O)c3c(C#Cc3ccccc3)c2c1=O.Oc1cccc2c(O)cccc12. The van der Waals surface area contributed by atoms with Gasteiger partial charge in [-0.1, -0.05) is 111 Å². The summed E-state index contributed by atoms with van der Waals surface area (Å²) >= 11 is 0. The zero-order valence-electron chi connectivity index (χ0n) is 28.9. The number of phenolic OH excluding ortho intramolecular Hbond substituents is 2. The van der Waals surface area contributed by atoms with Gasteiger partial charge in [0.05, 0.1) is 32.7 Å². The summed E-state index contributed by atoms with van der Waals surface area (Å²) in [5.74, 6) is 12.5. The lowest BCUT2D eigenvalue weighted by Gasteiger charge is -2.01. The van der Waals surface area contributed by atoms with Crippen molar-refractivity contribution in [3.05, 3.63) is 161 Å². The quantitative estimate of drug-likeness (QED) is 0.191. The van der Waals surface area contributed by atoms with Crippen LogP contribution in [0.1, 0.15) is 61.8 Å². The van der Waals surface area contributed by atoms with Gasteiger partial charge in [-0.2, -0.15) is 0 Å². The molecule has 0 atom stereocenters. The zero-order valence-corrected chi connectivity index (χ0v) is 28.9. The number of unbranched alkanes of at least 4 members (excludes halogenated alkanes) is 2. The first-order chi connectivity index (χ1) is 25.3. The van der Waals surface area contributed by atoms with Crippen molar-refractivity contribution >= 4 is 32.3 Å². The minimum Gasteiger partial charge on any atom is -0.507 e. The van der Waals surface area contributed by atoms with E-state index in [1.807, 2.05) is 74.5 Å². The normalized spacial score (nSPS) is 10.7. The van der Waals surface area contributed by atoms with Crippen LogP contribution in [0.15, 0.2) is 116 Å². The average molecular weight is 689 g/mol. The molecule has 0 fully saturated rings. The highest BCUT2D eigenvalue weighted by molar-refractivity contribution is 6.09. The maximum Gasteiger partial charge on any atom is 0.262 e. The summed E-state index contributed by atoms with van der Waals surface area (Å²) in [4.78, 5) is 55.2. The van der Waals surface area contributed by atoms with Gasteiger partial charge in [0.2, 0.25) is 0 Å². The minimum atomic E-state index is -0.511. The topological polar surface area (TPSA) is 119 Å². The summed E-state index contributed by atoms with van der Waals surface area (Å²) in [5, 5.41) is 20.3. The number of aromatic hydroxyl groups is 2. The Morgan fingerprint density at radius 3 is 1.13 bits per heavy atom. The van der Waals surface area contributed by atoms with Crippen molar-refractivity contribution in [1.29, 1.82) is 0 Å². The number of rotatable bonds is 6. The van der Waals surface area contributed by atoms with Gasteiger partial charge in [0.25, 0.3) is 22.2 Å². The lowest BCUT2D eigenvalue weighted by atomic mass is 9.96. The first kappa shape index (κ1) is 35.2. The molecule has 2 aromatic heterocycles. The fourth-order valence-electron chi connectivity index (χ4n) is 6.21. The smallest absolute Gasteiger partial charge is 0.262 e. The number of nitrogens with zero attached hydrogens (tertiary/aromatic N) is 2. The van der Waals surface area contributed by atoms with Crippen LogP contribution in [-0.4, -0.2) is 19.3 Å². The maximum absolute atomic E-state index is 13.8. The monoisotopic (exact) mass is 688 g/mol. The Hall–Kier alpha value is -6.64. The van der Waals surface area contributed by atoms with Crippen LogP contribution in [0.3, 0.4) is 0 Å². The van der Waals surface area contributed by atoms with E-state index in [1.165, 1.54) is 9.13 Å². The predicted molar refractivity (Wildman–Crippen MR) is 207 cm³/mol. The Morgan fingerprint density at radius 1 is 0.462 bits per heavy atom. The lowest BCUT2D eigenvalue weighted by molar-refractivity contribution is 0.475. The number of aromatic nitrogens is 2. The molecule has 0 saturated carbocycles. The van der Waals surface area contributed by atoms with E-state index in [-0.39, 0.29) is 57.3 Å². The van der Waals surface area contributed by atoms with Gasteiger partial charge in [0, 0.05) is 35.0 Å². The molecule has 0 bridgehead atoms. The van der Waals surface area contributed by atoms with Gasteiger partial charge in [0.15, 0.2) is 0 Å². The highest BCUT2D eigenvalue weighted by atomic mass is 16.3. The standard InChI is InChI=1S/C34H28N2O4.C10H8O2/c1-3-5-21-35-31(37)27-25(19-17-23-13-9-7-10-14-23)29-30(34(40)36(33(29)39)22-6-4-2)26(28(27)32(35)38)20-18-24-15-11-8-12-16-24;11-9-5-1-3-7-8(9)4-2-6-10(7)12/h7-16H,3-6,21-22H2,1-2H3;1-6,11-12H. The maximum atomic E-state index is 13.8. The molecule has 0 radical (unpaired) electrons. The summed E-state index contributed by atoms with van der Waals surface area (Å²) in [6.07, 6.45) is 2.83. The van der Waals surface area contributed by atoms with Crippen LogP contribution in [0.4, 0.5) is 0 Å². The third kappa shape index (κ3) is 6.75. The summed E-state index contributed by atoms with van der Waals surface area (Å²) in [6, 6.07) is 28.5. The van der Waals surface area contributed by atoms with Gasteiger partial charge in [-0.3, -0.25) is 28.3 Å². The van der Waals surface area contributed by atoms with Crippen LogP contribution < -0.4 is 22.2 Å². The highest BCUT2D eigenvalue weighted by Gasteiger charge is 2.28. The molecule has 0 aliphatic heterocycles. The van der Waals surface area contributed by atoms with Crippen molar-refractivity contribution in [2.75, 3.05) is 0 Å². The van der Waals surface area contributed by atoms with Gasteiger partial charge in [-0.15, -0.1) is 0 Å². The molecule has 8 nitrogen and oxygen atoms in total. The summed E-state index contributed by atoms with van der Waals surface area (Å²) in [5.41, 5.74) is -0.448. The number of fused-ring (bicyclic) bond motifs is 3. The van der Waals surface area contributed by atoms with Gasteiger partial charge >= 0.3 is 0 Å². The summed E-state index contributed by atoms with van der Waals surface area (Å²) < 4.78 is 2.38. The Bertz CT molecular complexity index is 2490. The van der Waals surface area contributed by atoms with E-state index in [2.05, 4.69) is 23.7 Å². The van der Waals surface area contributed by atoms with Gasteiger partial charge in [-0.25, -0.2) is 0 Å². The molecule has 2 N–H and O–H groups in total. The minimum absolute atomic E-state index is 0.0548. The van der Waals surface area contributed by atoms with Gasteiger partial charge in [-0.05, 0) is 49.2 Å². The van der Waals surface area contributed by atoms with E-state index in [1.54, 1.807) is 36.4 Å². The van der Waals surface area contributed by atoms with Crippen LogP contribution in [0, 0.1) is 23.7 Å². The van der Waals surface area contributed by atoms with Crippen LogP contribution in [-0.2, 0) is 13.1 Å². The van der Waals surface area contributed by atoms with Crippen molar-refractivity contribution in [1.82, 2.24) is 9.13 Å². The van der Waals surface area contributed by atoms with E-state index >= 15 is 0 Å². The fourth-order valence-corrected chi connectivity index (χ4v) is 6.21. The van der Waals surface area contributed by atoms with Gasteiger partial charge in [0.1, 0.15) is 11.5 Å². The molecule has 0 aliphatic carbocycles. The molecule has 7 rings (SSSR count). The molecule has 0 unspecified atom stereocenters. The fraction of sp³-hybridized carbons (Fsp3) is 0.182. The molecule has 52 heavy (non-hydrogen) atoms. The number of hydrogen-bond acceptors (Lipinski definition) is 6. The molecule has 258 valence electrons. The summed E-state index contributed by atoms with van der Waals surface area (Å²) in [7, 11) is 0. The van der Waals surface area contributed by atoms with Crippen LogP contribution in [0.25, 0.3) is 32.3 Å². The highest BCUT2D eigenvalue weighted by Crippen LogP contribution is 2.30. The van der Waals surface area contributed by atoms with Gasteiger partial charge < -0.3 is 10.2 Å². The Morgan fingerprint density at radius 2 is 0.808 bits per heavy atom. The molecule has 7 aromatic rings. The second kappa shape index (κ2) is 15.5. The molecule has 0 saturated heterocycles.